The highest BCUT2D eigenvalue weighted by molar-refractivity contribution is 14.2. The van der Waals surface area contributed by atoms with Crippen molar-refractivity contribution in [2.24, 2.45) is 7.05 Å². The monoisotopic (exact) mass is 636 g/mol. The number of hydrogen-bond donors (Lipinski definition) is 2. The highest BCUT2D eigenvalue weighted by Gasteiger charge is 2.24. The number of ether oxygens (including phenoxy) is 1. The molecule has 4 aromatic heterocycles. The predicted molar refractivity (Wildman–Crippen MR) is 154 cm³/mol. The summed E-state index contributed by atoms with van der Waals surface area (Å²) in [7, 11) is 1.88. The summed E-state index contributed by atoms with van der Waals surface area (Å²) in [5.41, 5.74) is 5.32. The van der Waals surface area contributed by atoms with Gasteiger partial charge in [-0.2, -0.15) is 10.2 Å². The van der Waals surface area contributed by atoms with Crippen molar-refractivity contribution < 1.29 is 9.84 Å². The number of halogens is 1. The molecule has 1 aliphatic rings. The standard InChI is InChI=1S/C24H30IN8O3P/c1-5-31-12-14(2)36-24-22(15(3)27-30(24)4)19-10-17-18(28-33(37-25)20(17)11-26-19)7-6-16-21(13-31)32(8-9-34)29-23(16)35/h6-7,10-11,14,34,37H,5,8-9,12-13H2,1-4H3,(H,29,35)/b7-6+/t14-/m1/s1. The van der Waals surface area contributed by atoms with Gasteiger partial charge in [-0.3, -0.25) is 24.5 Å². The lowest BCUT2D eigenvalue weighted by atomic mass is 10.1. The summed E-state index contributed by atoms with van der Waals surface area (Å²) in [6, 6.07) is 2.02. The van der Waals surface area contributed by atoms with E-state index in [0.29, 0.717) is 37.5 Å². The van der Waals surface area contributed by atoms with Crippen molar-refractivity contribution in [1.29, 1.82) is 0 Å². The summed E-state index contributed by atoms with van der Waals surface area (Å²) < 4.78 is 11.9. The molecular formula is C24H30IN8O3P. The zero-order chi connectivity index (χ0) is 26.3. The van der Waals surface area contributed by atoms with Crippen LogP contribution in [-0.2, 0) is 20.1 Å². The predicted octanol–water partition coefficient (Wildman–Crippen LogP) is 3.19. The molecule has 0 saturated heterocycles. The molecule has 5 rings (SSSR count). The SMILES string of the molecule is CCN1Cc2c(c(=O)[nH]n2CCO)/C=C/c2nn(PI)c3cnc(cc23)-c2c(C)nn(C)c2O[C@H](C)C1. The largest absolute Gasteiger partial charge is 0.473 e. The molecule has 0 radical (unpaired) electrons. The normalized spacial score (nSPS) is 17.6. The molecule has 37 heavy (non-hydrogen) atoms. The number of aliphatic hydroxyl groups is 1. The van der Waals surface area contributed by atoms with Gasteiger partial charge in [0.25, 0.3) is 5.56 Å². The average molecular weight is 636 g/mol. The van der Waals surface area contributed by atoms with Crippen molar-refractivity contribution in [3.8, 4) is 17.1 Å². The lowest BCUT2D eigenvalue weighted by molar-refractivity contribution is 0.133. The van der Waals surface area contributed by atoms with Gasteiger partial charge in [0.1, 0.15) is 6.10 Å². The van der Waals surface area contributed by atoms with Gasteiger partial charge in [0.05, 0.1) is 65.1 Å². The molecule has 196 valence electrons. The van der Waals surface area contributed by atoms with Crippen molar-refractivity contribution >= 4 is 51.5 Å². The number of hydrogen-bond acceptors (Lipinski definition) is 7. The van der Waals surface area contributed by atoms with Crippen LogP contribution >= 0.6 is 28.4 Å². The van der Waals surface area contributed by atoms with Crippen molar-refractivity contribution in [2.75, 3.05) is 19.7 Å². The number of H-pyrrole nitrogens is 1. The third-order valence-corrected chi connectivity index (χ3v) is 8.47. The van der Waals surface area contributed by atoms with Crippen molar-refractivity contribution in [1.82, 2.24) is 39.0 Å². The van der Waals surface area contributed by atoms with Crippen LogP contribution in [0.5, 0.6) is 5.88 Å². The van der Waals surface area contributed by atoms with Crippen LogP contribution in [0.1, 0.15) is 36.5 Å². The molecule has 0 spiro atoms. The number of aryl methyl sites for hydroxylation is 2. The number of likely N-dealkylation sites (N-methyl/N-ethyl adjacent to an activating group) is 1. The fraction of sp³-hybridized carbons (Fsp3) is 0.417. The maximum atomic E-state index is 13.0. The minimum absolute atomic E-state index is 0.0730. The molecule has 0 fully saturated rings. The van der Waals surface area contributed by atoms with E-state index in [1.807, 2.05) is 49.8 Å². The van der Waals surface area contributed by atoms with E-state index in [2.05, 4.69) is 44.1 Å². The first-order valence-corrected chi connectivity index (χ1v) is 16.2. The third-order valence-electron chi connectivity index (χ3n) is 6.60. The molecule has 13 heteroatoms. The summed E-state index contributed by atoms with van der Waals surface area (Å²) in [4.78, 5) is 20.0. The van der Waals surface area contributed by atoms with Gasteiger partial charge < -0.3 is 9.84 Å². The van der Waals surface area contributed by atoms with Gasteiger partial charge in [-0.1, -0.05) is 6.92 Å². The molecule has 2 atom stereocenters. The van der Waals surface area contributed by atoms with Gasteiger partial charge in [-0.25, -0.2) is 9.13 Å². The number of nitrogens with one attached hydrogen (secondary N) is 1. The fourth-order valence-electron chi connectivity index (χ4n) is 4.86. The van der Waals surface area contributed by atoms with E-state index in [0.717, 1.165) is 45.8 Å². The second-order valence-electron chi connectivity index (χ2n) is 9.12. The molecule has 0 aromatic carbocycles. The zero-order valence-corrected chi connectivity index (χ0v) is 24.4. The van der Waals surface area contributed by atoms with E-state index in [9.17, 15) is 9.90 Å². The number of aliphatic hydroxyl groups excluding tert-OH is 1. The Morgan fingerprint density at radius 2 is 2.14 bits per heavy atom. The van der Waals surface area contributed by atoms with Crippen LogP contribution in [0.3, 0.4) is 0 Å². The smallest absolute Gasteiger partial charge is 0.271 e. The van der Waals surface area contributed by atoms with E-state index in [-0.39, 0.29) is 18.3 Å². The summed E-state index contributed by atoms with van der Waals surface area (Å²) in [6.07, 6.45) is 5.80. The Balaban J connectivity index is 1.75. The van der Waals surface area contributed by atoms with Crippen molar-refractivity contribution in [3.05, 3.63) is 45.3 Å². The molecule has 2 N–H and O–H groups in total. The topological polar surface area (TPSA) is 119 Å². The second kappa shape index (κ2) is 10.7. The van der Waals surface area contributed by atoms with Crippen LogP contribution in [0.2, 0.25) is 0 Å². The summed E-state index contributed by atoms with van der Waals surface area (Å²) in [5.74, 6) is 0.669. The Bertz CT molecular complexity index is 1540. The fourth-order valence-corrected chi connectivity index (χ4v) is 6.38. The van der Waals surface area contributed by atoms with Crippen LogP contribution < -0.4 is 10.3 Å². The Morgan fingerprint density at radius 1 is 1.32 bits per heavy atom. The van der Waals surface area contributed by atoms with Crippen LogP contribution in [0.25, 0.3) is 34.3 Å². The molecule has 1 unspecified atom stereocenters. The minimum Gasteiger partial charge on any atom is -0.473 e. The maximum absolute atomic E-state index is 13.0. The quantitative estimate of drug-likeness (QED) is 0.261. The van der Waals surface area contributed by atoms with Gasteiger partial charge >= 0.3 is 0 Å². The number of rotatable bonds is 4. The number of nitrogens with zero attached hydrogens (tertiary/aromatic N) is 7. The van der Waals surface area contributed by atoms with Crippen molar-refractivity contribution in [3.63, 3.8) is 0 Å². The maximum Gasteiger partial charge on any atom is 0.271 e. The van der Waals surface area contributed by atoms with Crippen molar-refractivity contribution in [2.45, 2.75) is 40.0 Å². The Labute approximate surface area is 228 Å². The second-order valence-corrected chi connectivity index (χ2v) is 11.2. The third kappa shape index (κ3) is 4.87. The molecular weight excluding hydrogens is 606 g/mol. The molecule has 0 aliphatic carbocycles. The highest BCUT2D eigenvalue weighted by Crippen LogP contribution is 2.37. The average Bonchev–Trinajstić information content (AvgIpc) is 3.47. The van der Waals surface area contributed by atoms with Crippen LogP contribution in [0.15, 0.2) is 17.1 Å². The lowest BCUT2D eigenvalue weighted by Crippen LogP contribution is -2.34. The summed E-state index contributed by atoms with van der Waals surface area (Å²) in [5, 5.41) is 22.9. The van der Waals surface area contributed by atoms with E-state index in [1.165, 1.54) is 0 Å². The minimum atomic E-state index is -0.194. The first-order chi connectivity index (χ1) is 17.8. The Hall–Kier alpha value is -2.54. The number of aromatic amines is 1. The van der Waals surface area contributed by atoms with E-state index in [1.54, 1.807) is 9.36 Å². The van der Waals surface area contributed by atoms with E-state index in [4.69, 9.17) is 14.8 Å². The van der Waals surface area contributed by atoms with Gasteiger partial charge in [0, 0.05) is 25.5 Å². The molecule has 0 amide bonds. The van der Waals surface area contributed by atoms with Crippen LogP contribution in [0, 0.1) is 6.92 Å². The van der Waals surface area contributed by atoms with Gasteiger partial charge in [-0.15, -0.1) is 0 Å². The molecule has 4 aromatic rings. The summed E-state index contributed by atoms with van der Waals surface area (Å²) >= 11 is 2.30. The highest BCUT2D eigenvalue weighted by atomic mass is 127. The number of pyridine rings is 1. The zero-order valence-electron chi connectivity index (χ0n) is 21.2. The van der Waals surface area contributed by atoms with Crippen LogP contribution in [0.4, 0.5) is 0 Å². The molecule has 5 heterocycles. The first-order valence-electron chi connectivity index (χ1n) is 12.1. The number of aromatic nitrogens is 7. The van der Waals surface area contributed by atoms with E-state index >= 15 is 0 Å². The van der Waals surface area contributed by atoms with Gasteiger partial charge in [0.2, 0.25) is 5.88 Å². The van der Waals surface area contributed by atoms with Crippen LogP contribution in [-0.4, -0.2) is 69.9 Å². The Kier molecular flexibility index (Phi) is 7.53. The van der Waals surface area contributed by atoms with E-state index < -0.39 is 0 Å². The molecule has 1 aliphatic heterocycles. The summed E-state index contributed by atoms with van der Waals surface area (Å²) in [6.45, 7) is 8.23. The van der Waals surface area contributed by atoms with Gasteiger partial charge in [0.15, 0.2) is 0 Å². The number of fused-ring (bicyclic) bond motifs is 4. The van der Waals surface area contributed by atoms with Gasteiger partial charge in [-0.05, 0) is 60.7 Å². The molecule has 11 nitrogen and oxygen atoms in total. The molecule has 0 saturated carbocycles. The lowest BCUT2D eigenvalue weighted by Gasteiger charge is -2.26. The molecule has 2 bridgehead atoms. The Morgan fingerprint density at radius 3 is 2.86 bits per heavy atom. The first kappa shape index (κ1) is 26.1.